The second kappa shape index (κ2) is 6.50. The molecule has 0 aliphatic carbocycles. The van der Waals surface area contributed by atoms with Crippen LogP contribution < -0.4 is 0 Å². The molecule has 0 radical (unpaired) electrons. The Hall–Kier alpha value is -2.20. The van der Waals surface area contributed by atoms with Crippen molar-refractivity contribution in [3.8, 4) is 0 Å². The lowest BCUT2D eigenvalue weighted by Gasteiger charge is -2.20. The number of nitrogens with zero attached hydrogens (tertiary/aromatic N) is 1. The van der Waals surface area contributed by atoms with Crippen LogP contribution in [-0.4, -0.2) is 10.0 Å². The van der Waals surface area contributed by atoms with Crippen molar-refractivity contribution in [3.63, 3.8) is 0 Å². The largest absolute Gasteiger partial charge is 0.388 e. The number of hydrogen-bond donors (Lipinski definition) is 1. The minimum Gasteiger partial charge on any atom is -0.388 e. The third-order valence-electron chi connectivity index (χ3n) is 3.84. The van der Waals surface area contributed by atoms with Gasteiger partial charge in [-0.2, -0.15) is 0 Å². The molecular weight excluding hydrogens is 266 g/mol. The average molecular weight is 285 g/mol. The van der Waals surface area contributed by atoms with E-state index in [1.54, 1.807) is 13.0 Å². The molecule has 4 nitrogen and oxygen atoms in total. The fourth-order valence-electron chi connectivity index (χ4n) is 2.53. The quantitative estimate of drug-likeness (QED) is 0.671. The van der Waals surface area contributed by atoms with Crippen molar-refractivity contribution in [2.75, 3.05) is 0 Å². The Labute approximate surface area is 124 Å². The molecule has 2 atom stereocenters. The van der Waals surface area contributed by atoms with Crippen LogP contribution in [-0.2, 0) is 6.42 Å². The summed E-state index contributed by atoms with van der Waals surface area (Å²) in [4.78, 5) is 10.6. The summed E-state index contributed by atoms with van der Waals surface area (Å²) in [5.41, 5.74) is 2.59. The first kappa shape index (κ1) is 15.2. The van der Waals surface area contributed by atoms with E-state index in [1.807, 2.05) is 43.3 Å². The van der Waals surface area contributed by atoms with E-state index in [4.69, 9.17) is 0 Å². The third kappa shape index (κ3) is 3.47. The Bertz CT molecular complexity index is 625. The van der Waals surface area contributed by atoms with E-state index in [0.717, 1.165) is 11.1 Å². The number of nitro benzene ring substituents is 1. The normalized spacial score (nSPS) is 13.7. The van der Waals surface area contributed by atoms with Crippen LogP contribution in [0, 0.1) is 23.0 Å². The second-order valence-corrected chi connectivity index (χ2v) is 5.36. The molecule has 0 spiro atoms. The van der Waals surface area contributed by atoms with E-state index in [2.05, 4.69) is 0 Å². The lowest BCUT2D eigenvalue weighted by molar-refractivity contribution is -0.385. The van der Waals surface area contributed by atoms with Crippen LogP contribution in [0.25, 0.3) is 0 Å². The maximum Gasteiger partial charge on any atom is 0.272 e. The van der Waals surface area contributed by atoms with Crippen molar-refractivity contribution in [1.82, 2.24) is 0 Å². The lowest BCUT2D eigenvalue weighted by Crippen LogP contribution is -2.13. The van der Waals surface area contributed by atoms with Crippen LogP contribution in [0.4, 0.5) is 5.69 Å². The molecule has 0 bridgehead atoms. The summed E-state index contributed by atoms with van der Waals surface area (Å²) in [6, 6.07) is 14.6. The van der Waals surface area contributed by atoms with Crippen LogP contribution in [0.5, 0.6) is 0 Å². The van der Waals surface area contributed by atoms with E-state index >= 15 is 0 Å². The molecule has 2 unspecified atom stereocenters. The summed E-state index contributed by atoms with van der Waals surface area (Å²) < 4.78 is 0. The number of benzene rings is 2. The summed E-state index contributed by atoms with van der Waals surface area (Å²) in [6.45, 7) is 3.71. The topological polar surface area (TPSA) is 63.4 Å². The minimum atomic E-state index is -0.579. The lowest BCUT2D eigenvalue weighted by atomic mass is 9.89. The first-order valence-corrected chi connectivity index (χ1v) is 6.96. The Morgan fingerprint density at radius 3 is 2.43 bits per heavy atom. The smallest absolute Gasteiger partial charge is 0.272 e. The zero-order valence-corrected chi connectivity index (χ0v) is 12.2. The number of hydrogen-bond acceptors (Lipinski definition) is 3. The van der Waals surface area contributed by atoms with Gasteiger partial charge in [-0.15, -0.1) is 0 Å². The minimum absolute atomic E-state index is 0.0203. The van der Waals surface area contributed by atoms with Crippen LogP contribution in [0.3, 0.4) is 0 Å². The van der Waals surface area contributed by atoms with Gasteiger partial charge in [-0.3, -0.25) is 10.1 Å². The van der Waals surface area contributed by atoms with Crippen molar-refractivity contribution in [2.24, 2.45) is 5.92 Å². The Morgan fingerprint density at radius 1 is 1.14 bits per heavy atom. The highest BCUT2D eigenvalue weighted by atomic mass is 16.6. The average Bonchev–Trinajstić information content (AvgIpc) is 2.49. The van der Waals surface area contributed by atoms with E-state index in [9.17, 15) is 15.2 Å². The maximum atomic E-state index is 11.0. The predicted octanol–water partition coefficient (Wildman–Crippen LogP) is 3.82. The molecule has 0 aliphatic rings. The maximum absolute atomic E-state index is 11.0. The fraction of sp³-hybridized carbons (Fsp3) is 0.294. The number of rotatable bonds is 5. The van der Waals surface area contributed by atoms with Crippen molar-refractivity contribution < 1.29 is 10.0 Å². The predicted molar refractivity (Wildman–Crippen MR) is 82.1 cm³/mol. The Morgan fingerprint density at radius 2 is 1.81 bits per heavy atom. The molecule has 2 aromatic carbocycles. The zero-order chi connectivity index (χ0) is 15.4. The van der Waals surface area contributed by atoms with Gasteiger partial charge in [0.05, 0.1) is 11.0 Å². The van der Waals surface area contributed by atoms with Crippen LogP contribution in [0.1, 0.15) is 29.7 Å². The van der Waals surface area contributed by atoms with Crippen LogP contribution >= 0.6 is 0 Å². The molecule has 0 fully saturated rings. The van der Waals surface area contributed by atoms with Gasteiger partial charge in [-0.05, 0) is 30.4 Å². The molecule has 1 N–H and O–H groups in total. The van der Waals surface area contributed by atoms with Crippen molar-refractivity contribution in [1.29, 1.82) is 0 Å². The standard InChI is InChI=1S/C17H19NO3/c1-12(17(19)14-7-4-3-5-8-14)11-15-9-6-10-16(13(15)2)18(20)21/h3-10,12,17,19H,11H2,1-2H3. The van der Waals surface area contributed by atoms with Crippen LogP contribution in [0.15, 0.2) is 48.5 Å². The summed E-state index contributed by atoms with van der Waals surface area (Å²) in [6.07, 6.45) is 0.0219. The highest BCUT2D eigenvalue weighted by molar-refractivity contribution is 5.44. The Balaban J connectivity index is 2.18. The summed E-state index contributed by atoms with van der Waals surface area (Å²) in [5.74, 6) is -0.0203. The highest BCUT2D eigenvalue weighted by Crippen LogP contribution is 2.28. The third-order valence-corrected chi connectivity index (χ3v) is 3.84. The molecule has 2 rings (SSSR count). The summed E-state index contributed by atoms with van der Waals surface area (Å²) in [5, 5.41) is 21.4. The number of aliphatic hydroxyl groups excluding tert-OH is 1. The zero-order valence-electron chi connectivity index (χ0n) is 12.2. The molecule has 2 aromatic rings. The van der Waals surface area contributed by atoms with Gasteiger partial charge in [0.25, 0.3) is 5.69 Å². The molecule has 4 heteroatoms. The molecule has 0 saturated heterocycles. The van der Waals surface area contributed by atoms with Gasteiger partial charge in [0.1, 0.15) is 0 Å². The van der Waals surface area contributed by atoms with Gasteiger partial charge in [-0.1, -0.05) is 49.4 Å². The van der Waals surface area contributed by atoms with Crippen molar-refractivity contribution in [2.45, 2.75) is 26.4 Å². The monoisotopic (exact) mass is 285 g/mol. The molecular formula is C17H19NO3. The fourth-order valence-corrected chi connectivity index (χ4v) is 2.53. The molecule has 110 valence electrons. The van der Waals surface area contributed by atoms with E-state index < -0.39 is 6.10 Å². The second-order valence-electron chi connectivity index (χ2n) is 5.36. The van der Waals surface area contributed by atoms with Gasteiger partial charge in [0, 0.05) is 11.6 Å². The summed E-state index contributed by atoms with van der Waals surface area (Å²) >= 11 is 0. The molecule has 0 aromatic heterocycles. The Kier molecular flexibility index (Phi) is 4.70. The van der Waals surface area contributed by atoms with Gasteiger partial charge in [-0.25, -0.2) is 0 Å². The van der Waals surface area contributed by atoms with E-state index in [-0.39, 0.29) is 16.5 Å². The number of aliphatic hydroxyl groups is 1. The summed E-state index contributed by atoms with van der Waals surface area (Å²) in [7, 11) is 0. The van der Waals surface area contributed by atoms with E-state index in [0.29, 0.717) is 12.0 Å². The molecule has 0 aliphatic heterocycles. The molecule has 0 heterocycles. The van der Waals surface area contributed by atoms with Crippen LogP contribution in [0.2, 0.25) is 0 Å². The molecule has 21 heavy (non-hydrogen) atoms. The molecule has 0 saturated carbocycles. The van der Waals surface area contributed by atoms with Crippen molar-refractivity contribution in [3.05, 3.63) is 75.3 Å². The van der Waals surface area contributed by atoms with Gasteiger partial charge in [0.2, 0.25) is 0 Å². The van der Waals surface area contributed by atoms with Gasteiger partial charge in [0.15, 0.2) is 0 Å². The van der Waals surface area contributed by atoms with Gasteiger partial charge < -0.3 is 5.11 Å². The number of nitro groups is 1. The SMILES string of the molecule is Cc1c(CC(C)C(O)c2ccccc2)cccc1[N+](=O)[O-]. The van der Waals surface area contributed by atoms with Gasteiger partial charge >= 0.3 is 0 Å². The molecule has 0 amide bonds. The van der Waals surface area contributed by atoms with Crippen molar-refractivity contribution >= 4 is 5.69 Å². The highest BCUT2D eigenvalue weighted by Gasteiger charge is 2.20. The van der Waals surface area contributed by atoms with E-state index in [1.165, 1.54) is 6.07 Å². The first-order chi connectivity index (χ1) is 10.0. The first-order valence-electron chi connectivity index (χ1n) is 6.96.